The zero-order valence-electron chi connectivity index (χ0n) is 15.6. The van der Waals surface area contributed by atoms with Gasteiger partial charge in [0.2, 0.25) is 0 Å². The number of benzene rings is 3. The fraction of sp³-hybridized carbons (Fsp3) is 0.120. The number of amides is 1. The van der Waals surface area contributed by atoms with Gasteiger partial charge in [0.25, 0.3) is 5.91 Å². The Hall–Kier alpha value is -3.46. The molecule has 28 heavy (non-hydrogen) atoms. The van der Waals surface area contributed by atoms with Gasteiger partial charge in [-0.1, -0.05) is 72.3 Å². The Morgan fingerprint density at radius 2 is 1.61 bits per heavy atom. The van der Waals surface area contributed by atoms with E-state index in [1.54, 1.807) is 11.0 Å². The van der Waals surface area contributed by atoms with Crippen molar-refractivity contribution in [1.29, 1.82) is 0 Å². The van der Waals surface area contributed by atoms with E-state index in [4.69, 9.17) is 0 Å². The SMILES string of the molecule is Cc1cccc(C2=CC(=O)N3c4ccccc4C(=O)[C@@]3(c3ccccc3)C2)c1. The Balaban J connectivity index is 1.76. The second-order valence-electron chi connectivity index (χ2n) is 7.46. The molecule has 0 bridgehead atoms. The number of aryl methyl sites for hydroxylation is 1. The standard InChI is InChI=1S/C25H19NO2/c1-17-8-7-9-18(14-17)19-15-23(27)26-22-13-6-5-12-21(22)24(28)25(26,16-19)20-10-3-2-4-11-20/h2-15H,16H2,1H3/t25-/m0/s1. The van der Waals surface area contributed by atoms with E-state index in [1.807, 2.05) is 79.7 Å². The molecule has 2 aliphatic heterocycles. The molecule has 0 saturated carbocycles. The minimum atomic E-state index is -1.03. The highest BCUT2D eigenvalue weighted by Crippen LogP contribution is 2.51. The predicted octanol–water partition coefficient (Wildman–Crippen LogP) is 4.91. The monoisotopic (exact) mass is 365 g/mol. The highest BCUT2D eigenvalue weighted by atomic mass is 16.2. The second-order valence-corrected chi connectivity index (χ2v) is 7.46. The average molecular weight is 365 g/mol. The number of hydrogen-bond donors (Lipinski definition) is 0. The minimum Gasteiger partial charge on any atom is -0.291 e. The van der Waals surface area contributed by atoms with Crippen molar-refractivity contribution in [1.82, 2.24) is 0 Å². The van der Waals surface area contributed by atoms with E-state index in [0.29, 0.717) is 17.7 Å². The predicted molar refractivity (Wildman–Crippen MR) is 110 cm³/mol. The Bertz CT molecular complexity index is 1150. The number of para-hydroxylation sites is 1. The highest BCUT2D eigenvalue weighted by Gasteiger charge is 2.56. The largest absolute Gasteiger partial charge is 0.291 e. The lowest BCUT2D eigenvalue weighted by Gasteiger charge is -2.41. The molecule has 0 unspecified atom stereocenters. The van der Waals surface area contributed by atoms with Gasteiger partial charge >= 0.3 is 0 Å². The second kappa shape index (κ2) is 6.03. The molecule has 0 radical (unpaired) electrons. The lowest BCUT2D eigenvalue weighted by Crippen LogP contribution is -2.52. The van der Waals surface area contributed by atoms with Crippen molar-refractivity contribution in [3.05, 3.63) is 107 Å². The molecule has 0 N–H and O–H groups in total. The van der Waals surface area contributed by atoms with Gasteiger partial charge in [-0.3, -0.25) is 14.5 Å². The number of fused-ring (bicyclic) bond motifs is 3. The summed E-state index contributed by atoms with van der Waals surface area (Å²) in [5.41, 5.74) is 4.14. The molecular weight excluding hydrogens is 346 g/mol. The number of rotatable bonds is 2. The molecule has 0 fully saturated rings. The van der Waals surface area contributed by atoms with E-state index in [0.717, 1.165) is 22.3 Å². The molecule has 136 valence electrons. The van der Waals surface area contributed by atoms with Crippen molar-refractivity contribution in [3.63, 3.8) is 0 Å². The molecule has 1 atom stereocenters. The van der Waals surface area contributed by atoms with Crippen molar-refractivity contribution < 1.29 is 9.59 Å². The van der Waals surface area contributed by atoms with E-state index in [2.05, 4.69) is 6.07 Å². The molecule has 0 spiro atoms. The van der Waals surface area contributed by atoms with Crippen LogP contribution in [-0.4, -0.2) is 11.7 Å². The molecule has 0 aliphatic carbocycles. The third kappa shape index (κ3) is 2.23. The van der Waals surface area contributed by atoms with Crippen molar-refractivity contribution in [2.45, 2.75) is 18.9 Å². The lowest BCUT2D eigenvalue weighted by molar-refractivity contribution is -0.115. The van der Waals surface area contributed by atoms with Gasteiger partial charge < -0.3 is 0 Å². The Kier molecular flexibility index (Phi) is 3.59. The van der Waals surface area contributed by atoms with E-state index >= 15 is 0 Å². The zero-order chi connectivity index (χ0) is 19.3. The first kappa shape index (κ1) is 16.7. The van der Waals surface area contributed by atoms with Crippen LogP contribution in [0.3, 0.4) is 0 Å². The molecule has 0 saturated heterocycles. The van der Waals surface area contributed by atoms with Gasteiger partial charge in [-0.25, -0.2) is 0 Å². The Morgan fingerprint density at radius 1 is 0.857 bits per heavy atom. The van der Waals surface area contributed by atoms with Crippen LogP contribution in [0.4, 0.5) is 5.69 Å². The van der Waals surface area contributed by atoms with E-state index in [1.165, 1.54) is 0 Å². The fourth-order valence-corrected chi connectivity index (χ4v) is 4.50. The first-order valence-electron chi connectivity index (χ1n) is 9.42. The maximum atomic E-state index is 13.7. The van der Waals surface area contributed by atoms with Crippen LogP contribution in [0.15, 0.2) is 84.9 Å². The molecule has 5 rings (SSSR count). The maximum absolute atomic E-state index is 13.7. The minimum absolute atomic E-state index is 0.0131. The summed E-state index contributed by atoms with van der Waals surface area (Å²) in [7, 11) is 0. The van der Waals surface area contributed by atoms with Crippen molar-refractivity contribution in [2.24, 2.45) is 0 Å². The lowest BCUT2D eigenvalue weighted by atomic mass is 9.76. The highest BCUT2D eigenvalue weighted by molar-refractivity contribution is 6.25. The molecule has 0 aromatic heterocycles. The number of hydrogen-bond acceptors (Lipinski definition) is 2. The number of carbonyl (C=O) groups excluding carboxylic acids is 2. The number of carbonyl (C=O) groups is 2. The number of ketones is 1. The molecule has 3 aromatic carbocycles. The summed E-state index contributed by atoms with van der Waals surface area (Å²) in [4.78, 5) is 28.7. The van der Waals surface area contributed by atoms with E-state index < -0.39 is 5.54 Å². The van der Waals surface area contributed by atoms with Gasteiger partial charge in [-0.15, -0.1) is 0 Å². The first-order valence-corrected chi connectivity index (χ1v) is 9.42. The first-order chi connectivity index (χ1) is 13.6. The van der Waals surface area contributed by atoms with Crippen LogP contribution in [0.2, 0.25) is 0 Å². The van der Waals surface area contributed by atoms with Gasteiger partial charge in [0.1, 0.15) is 5.54 Å². The van der Waals surface area contributed by atoms with Gasteiger partial charge in [0, 0.05) is 18.1 Å². The molecule has 3 heteroatoms. The topological polar surface area (TPSA) is 37.4 Å². The van der Waals surface area contributed by atoms with Gasteiger partial charge in [-0.2, -0.15) is 0 Å². The number of nitrogens with zero attached hydrogens (tertiary/aromatic N) is 1. The van der Waals surface area contributed by atoms with Crippen LogP contribution in [0.1, 0.15) is 33.5 Å². The van der Waals surface area contributed by atoms with Crippen LogP contribution < -0.4 is 4.90 Å². The van der Waals surface area contributed by atoms with Crippen LogP contribution in [0.25, 0.3) is 5.57 Å². The smallest absolute Gasteiger partial charge is 0.252 e. The normalized spacial score (nSPS) is 20.6. The van der Waals surface area contributed by atoms with Crippen LogP contribution >= 0.6 is 0 Å². The molecule has 1 amide bonds. The molecular formula is C25H19NO2. The average Bonchev–Trinajstić information content (AvgIpc) is 2.99. The third-order valence-corrected chi connectivity index (χ3v) is 5.75. The third-order valence-electron chi connectivity index (χ3n) is 5.75. The van der Waals surface area contributed by atoms with Gasteiger partial charge in [-0.05, 0) is 35.8 Å². The number of anilines is 1. The summed E-state index contributed by atoms with van der Waals surface area (Å²) in [6, 6.07) is 25.2. The molecule has 3 nitrogen and oxygen atoms in total. The van der Waals surface area contributed by atoms with Gasteiger partial charge in [0.05, 0.1) is 5.69 Å². The molecule has 2 heterocycles. The van der Waals surface area contributed by atoms with E-state index in [-0.39, 0.29) is 11.7 Å². The number of Topliss-reactive ketones (excluding diaryl/α,β-unsaturated/α-hetero) is 1. The summed E-state index contributed by atoms with van der Waals surface area (Å²) in [6.45, 7) is 2.03. The van der Waals surface area contributed by atoms with Crippen molar-refractivity contribution >= 4 is 23.0 Å². The van der Waals surface area contributed by atoms with E-state index in [9.17, 15) is 9.59 Å². The Labute approximate surface area is 163 Å². The summed E-state index contributed by atoms with van der Waals surface area (Å²) < 4.78 is 0. The maximum Gasteiger partial charge on any atom is 0.252 e. The molecule has 2 aliphatic rings. The van der Waals surface area contributed by atoms with Crippen molar-refractivity contribution in [2.75, 3.05) is 4.90 Å². The van der Waals surface area contributed by atoms with Crippen LogP contribution in [0, 0.1) is 6.92 Å². The van der Waals surface area contributed by atoms with Crippen LogP contribution in [0.5, 0.6) is 0 Å². The molecule has 3 aromatic rings. The fourth-order valence-electron chi connectivity index (χ4n) is 4.50. The van der Waals surface area contributed by atoms with Gasteiger partial charge in [0.15, 0.2) is 5.78 Å². The summed E-state index contributed by atoms with van der Waals surface area (Å²) >= 11 is 0. The quantitative estimate of drug-likeness (QED) is 0.647. The summed E-state index contributed by atoms with van der Waals surface area (Å²) in [5, 5.41) is 0. The summed E-state index contributed by atoms with van der Waals surface area (Å²) in [5.74, 6) is -0.161. The summed E-state index contributed by atoms with van der Waals surface area (Å²) in [6.07, 6.45) is 2.14. The van der Waals surface area contributed by atoms with Crippen LogP contribution in [-0.2, 0) is 10.3 Å². The Morgan fingerprint density at radius 3 is 2.39 bits per heavy atom. The zero-order valence-corrected chi connectivity index (χ0v) is 15.6. The van der Waals surface area contributed by atoms with Crippen molar-refractivity contribution in [3.8, 4) is 0 Å².